The predicted octanol–water partition coefficient (Wildman–Crippen LogP) is 2.93. The second-order valence-electron chi connectivity index (χ2n) is 6.92. The molecule has 1 heterocycles. The van der Waals surface area contributed by atoms with Crippen LogP contribution in [0.25, 0.3) is 0 Å². The van der Waals surface area contributed by atoms with E-state index >= 15 is 0 Å². The van der Waals surface area contributed by atoms with Crippen LogP contribution < -0.4 is 21.9 Å². The van der Waals surface area contributed by atoms with E-state index in [9.17, 15) is 23.2 Å². The molecule has 0 aliphatic heterocycles. The van der Waals surface area contributed by atoms with E-state index in [4.69, 9.17) is 10.5 Å². The summed E-state index contributed by atoms with van der Waals surface area (Å²) in [5.41, 5.74) is 5.33. The third-order valence-electron chi connectivity index (χ3n) is 4.76. The van der Waals surface area contributed by atoms with Crippen LogP contribution in [0.4, 0.5) is 20.3 Å². The quantitative estimate of drug-likeness (QED) is 0.460. The molecule has 2 aromatic carbocycles. The number of aromatic nitrogens is 2. The molecule has 3 aromatic rings. The molecule has 1 aromatic heterocycles. The molecule has 0 saturated heterocycles. The van der Waals surface area contributed by atoms with Gasteiger partial charge in [0.2, 0.25) is 0 Å². The average molecular weight is 477 g/mol. The normalized spacial score (nSPS) is 11.0. The zero-order valence-electron chi connectivity index (χ0n) is 17.7. The van der Waals surface area contributed by atoms with E-state index in [1.807, 2.05) is 0 Å². The van der Waals surface area contributed by atoms with Crippen molar-refractivity contribution in [2.24, 2.45) is 0 Å². The van der Waals surface area contributed by atoms with E-state index in [-0.39, 0.29) is 36.8 Å². The number of carbonyl (C=O) groups excluding carboxylic acids is 1. The van der Waals surface area contributed by atoms with Gasteiger partial charge < -0.3 is 10.5 Å². The summed E-state index contributed by atoms with van der Waals surface area (Å²) in [7, 11) is 1.45. The highest BCUT2D eigenvalue weighted by Crippen LogP contribution is 2.27. The summed E-state index contributed by atoms with van der Waals surface area (Å²) in [6, 6.07) is 14.5. The zero-order chi connectivity index (χ0) is 24.0. The molecule has 174 valence electrons. The lowest BCUT2D eigenvalue weighted by atomic mass is 10.1. The molecule has 0 saturated carbocycles. The number of methoxy groups -OCH3 is 1. The number of thioether (sulfide) groups is 1. The SMILES string of the molecule is COCCn1c(N)c(N(Cc2ccccc2)C(=O)c2ccc(SC(F)F)cc2)c(=O)[nH]c1=O. The number of benzene rings is 2. The Morgan fingerprint density at radius 3 is 2.42 bits per heavy atom. The van der Waals surface area contributed by atoms with Gasteiger partial charge in [-0.1, -0.05) is 42.1 Å². The van der Waals surface area contributed by atoms with Gasteiger partial charge in [-0.25, -0.2) is 4.79 Å². The summed E-state index contributed by atoms with van der Waals surface area (Å²) in [5.74, 6) is -3.36. The zero-order valence-corrected chi connectivity index (χ0v) is 18.5. The molecule has 1 amide bonds. The first kappa shape index (κ1) is 24.2. The molecule has 0 fully saturated rings. The van der Waals surface area contributed by atoms with E-state index in [0.29, 0.717) is 22.2 Å². The molecule has 11 heteroatoms. The molecule has 3 rings (SSSR count). The number of ether oxygens (including phenoxy) is 1. The van der Waals surface area contributed by atoms with Gasteiger partial charge in [0.05, 0.1) is 19.7 Å². The topological polar surface area (TPSA) is 110 Å². The van der Waals surface area contributed by atoms with Crippen molar-refractivity contribution >= 4 is 29.2 Å². The number of anilines is 2. The third-order valence-corrected chi connectivity index (χ3v) is 5.48. The summed E-state index contributed by atoms with van der Waals surface area (Å²) in [6.07, 6.45) is 0. The van der Waals surface area contributed by atoms with E-state index < -0.39 is 22.9 Å². The van der Waals surface area contributed by atoms with Crippen molar-refractivity contribution < 1.29 is 18.3 Å². The number of alkyl halides is 2. The van der Waals surface area contributed by atoms with Crippen molar-refractivity contribution in [3.8, 4) is 0 Å². The van der Waals surface area contributed by atoms with Gasteiger partial charge >= 0.3 is 5.69 Å². The maximum absolute atomic E-state index is 13.4. The average Bonchev–Trinajstić information content (AvgIpc) is 2.78. The van der Waals surface area contributed by atoms with Gasteiger partial charge in [0, 0.05) is 17.6 Å². The van der Waals surface area contributed by atoms with Crippen LogP contribution in [0.3, 0.4) is 0 Å². The third kappa shape index (κ3) is 5.88. The molecule has 0 aliphatic carbocycles. The summed E-state index contributed by atoms with van der Waals surface area (Å²) in [5, 5.41) is 0. The van der Waals surface area contributed by atoms with Crippen LogP contribution in [0.5, 0.6) is 0 Å². The Kier molecular flexibility index (Phi) is 8.01. The molecule has 0 unspecified atom stereocenters. The minimum absolute atomic E-state index is 0.0109. The number of nitrogen functional groups attached to an aromatic ring is 1. The lowest BCUT2D eigenvalue weighted by molar-refractivity contribution is 0.0984. The second kappa shape index (κ2) is 10.9. The Bertz CT molecular complexity index is 1210. The Balaban J connectivity index is 2.08. The van der Waals surface area contributed by atoms with Crippen molar-refractivity contribution in [1.29, 1.82) is 0 Å². The molecule has 0 bridgehead atoms. The van der Waals surface area contributed by atoms with Gasteiger partial charge in [0.25, 0.3) is 17.2 Å². The first-order chi connectivity index (χ1) is 15.8. The first-order valence-corrected chi connectivity index (χ1v) is 10.7. The van der Waals surface area contributed by atoms with Crippen LogP contribution in [0.15, 0.2) is 69.1 Å². The lowest BCUT2D eigenvalue weighted by Crippen LogP contribution is -2.41. The van der Waals surface area contributed by atoms with Gasteiger partial charge in [-0.15, -0.1) is 0 Å². The number of nitrogens with two attached hydrogens (primary N) is 1. The van der Waals surface area contributed by atoms with Crippen LogP contribution in [-0.4, -0.2) is 34.9 Å². The highest BCUT2D eigenvalue weighted by atomic mass is 32.2. The highest BCUT2D eigenvalue weighted by Gasteiger charge is 2.25. The van der Waals surface area contributed by atoms with Crippen LogP contribution >= 0.6 is 11.8 Å². The van der Waals surface area contributed by atoms with Gasteiger partial charge in [-0.2, -0.15) is 8.78 Å². The Hall–Kier alpha value is -3.44. The largest absolute Gasteiger partial charge is 0.383 e. The number of hydrogen-bond acceptors (Lipinski definition) is 6. The monoisotopic (exact) mass is 476 g/mol. The van der Waals surface area contributed by atoms with Crippen molar-refractivity contribution in [3.63, 3.8) is 0 Å². The summed E-state index contributed by atoms with van der Waals surface area (Å²) >= 11 is 0.359. The van der Waals surface area contributed by atoms with Gasteiger partial charge in [-0.3, -0.25) is 24.0 Å². The number of rotatable bonds is 9. The van der Waals surface area contributed by atoms with Crippen LogP contribution in [0.2, 0.25) is 0 Å². The number of nitrogens with zero attached hydrogens (tertiary/aromatic N) is 2. The number of H-pyrrole nitrogens is 1. The number of carbonyl (C=O) groups is 1. The van der Waals surface area contributed by atoms with E-state index in [0.717, 1.165) is 4.57 Å². The van der Waals surface area contributed by atoms with Crippen molar-refractivity contribution in [2.45, 2.75) is 23.7 Å². The summed E-state index contributed by atoms with van der Waals surface area (Å²) < 4.78 is 31.3. The standard InChI is InChI=1S/C22H22F2N4O4S/c1-32-12-11-27-18(25)17(19(29)26-22(27)31)28(13-14-5-3-2-4-6-14)20(30)15-7-9-16(10-8-15)33-21(23)24/h2-10,21H,11-13,25H2,1H3,(H,26,29,31). The van der Waals surface area contributed by atoms with Gasteiger partial charge in [0.15, 0.2) is 5.69 Å². The molecule has 0 aliphatic rings. The highest BCUT2D eigenvalue weighted by molar-refractivity contribution is 7.99. The summed E-state index contributed by atoms with van der Waals surface area (Å²) in [6.45, 7) is 0.215. The fourth-order valence-electron chi connectivity index (χ4n) is 3.20. The minimum atomic E-state index is -2.59. The Morgan fingerprint density at radius 1 is 1.15 bits per heavy atom. The smallest absolute Gasteiger partial charge is 0.330 e. The lowest BCUT2D eigenvalue weighted by Gasteiger charge is -2.25. The van der Waals surface area contributed by atoms with E-state index in [2.05, 4.69) is 4.98 Å². The number of hydrogen-bond donors (Lipinski definition) is 2. The maximum atomic E-state index is 13.4. The second-order valence-corrected chi connectivity index (χ2v) is 7.98. The molecule has 0 atom stereocenters. The van der Waals surface area contributed by atoms with Crippen molar-refractivity contribution in [2.75, 3.05) is 24.4 Å². The van der Waals surface area contributed by atoms with Crippen molar-refractivity contribution in [1.82, 2.24) is 9.55 Å². The van der Waals surface area contributed by atoms with E-state index in [1.54, 1.807) is 30.3 Å². The molecule has 33 heavy (non-hydrogen) atoms. The fraction of sp³-hybridized carbons (Fsp3) is 0.227. The van der Waals surface area contributed by atoms with E-state index in [1.165, 1.54) is 36.3 Å². The van der Waals surface area contributed by atoms with Gasteiger partial charge in [-0.05, 0) is 29.8 Å². The molecule has 3 N–H and O–H groups in total. The minimum Gasteiger partial charge on any atom is -0.383 e. The van der Waals surface area contributed by atoms with Crippen LogP contribution in [0.1, 0.15) is 15.9 Å². The van der Waals surface area contributed by atoms with Crippen LogP contribution in [-0.2, 0) is 17.8 Å². The molecule has 8 nitrogen and oxygen atoms in total. The Morgan fingerprint density at radius 2 is 1.82 bits per heavy atom. The van der Waals surface area contributed by atoms with Crippen LogP contribution in [0, 0.1) is 0 Å². The molecular formula is C22H22F2N4O4S. The Labute approximate surface area is 192 Å². The number of amides is 1. The first-order valence-electron chi connectivity index (χ1n) is 9.84. The van der Waals surface area contributed by atoms with Crippen molar-refractivity contribution in [3.05, 3.63) is 86.6 Å². The maximum Gasteiger partial charge on any atom is 0.330 e. The number of nitrogens with one attached hydrogen (secondary N) is 1. The fourth-order valence-corrected chi connectivity index (χ4v) is 3.69. The number of aromatic amines is 1. The molecule has 0 radical (unpaired) electrons. The van der Waals surface area contributed by atoms with Gasteiger partial charge in [0.1, 0.15) is 5.82 Å². The summed E-state index contributed by atoms with van der Waals surface area (Å²) in [4.78, 5) is 42.1. The number of halogens is 2. The predicted molar refractivity (Wildman–Crippen MR) is 123 cm³/mol. The molecular weight excluding hydrogens is 454 g/mol. The molecule has 0 spiro atoms.